The molecular weight excluding hydrogens is 230 g/mol. The topological polar surface area (TPSA) is 41.6 Å². The van der Waals surface area contributed by atoms with E-state index in [-0.39, 0.29) is 6.04 Å². The summed E-state index contributed by atoms with van der Waals surface area (Å²) in [6, 6.07) is 4.12. The lowest BCUT2D eigenvalue weighted by atomic mass is 10.4. The normalized spacial score (nSPS) is 12.2. The molecule has 0 aliphatic heterocycles. The number of aliphatic imine (C=N–C) groups is 1. The first-order chi connectivity index (χ1) is 6.99. The molecule has 0 saturated carbocycles. The molecule has 1 aromatic rings. The van der Waals surface area contributed by atoms with E-state index in [2.05, 4.69) is 4.99 Å². The Bertz CT molecular complexity index is 346. The number of nitrogens with zero attached hydrogens (tertiary/aromatic N) is 2. The van der Waals surface area contributed by atoms with Gasteiger partial charge in [-0.05, 0) is 26.0 Å². The molecule has 5 heteroatoms. The second kappa shape index (κ2) is 5.37. The van der Waals surface area contributed by atoms with E-state index in [1.54, 1.807) is 11.3 Å². The standard InChI is InChI=1S/C10H16ClN3S/c1-7(2)13-10(12)14(3)6-8-4-5-9(11)15-8/h4-5,7H,6H2,1-3H3,(H2,12,13). The van der Waals surface area contributed by atoms with Crippen LogP contribution in [0.4, 0.5) is 0 Å². The zero-order chi connectivity index (χ0) is 11.4. The Morgan fingerprint density at radius 2 is 2.27 bits per heavy atom. The molecule has 0 unspecified atom stereocenters. The molecule has 0 atom stereocenters. The summed E-state index contributed by atoms with van der Waals surface area (Å²) in [6.45, 7) is 4.75. The maximum Gasteiger partial charge on any atom is 0.191 e. The Kier molecular flexibility index (Phi) is 4.42. The molecule has 0 radical (unpaired) electrons. The van der Waals surface area contributed by atoms with Crippen LogP contribution in [-0.2, 0) is 6.54 Å². The molecule has 3 nitrogen and oxygen atoms in total. The summed E-state index contributed by atoms with van der Waals surface area (Å²) in [5, 5.41) is 0. The van der Waals surface area contributed by atoms with Crippen LogP contribution in [0.2, 0.25) is 4.34 Å². The van der Waals surface area contributed by atoms with Crippen LogP contribution in [0.3, 0.4) is 0 Å². The van der Waals surface area contributed by atoms with Crippen molar-refractivity contribution < 1.29 is 0 Å². The summed E-state index contributed by atoms with van der Waals surface area (Å²) in [4.78, 5) is 7.38. The van der Waals surface area contributed by atoms with Gasteiger partial charge in [0.2, 0.25) is 0 Å². The fraction of sp³-hybridized carbons (Fsp3) is 0.500. The molecule has 0 aliphatic rings. The van der Waals surface area contributed by atoms with Gasteiger partial charge in [-0.2, -0.15) is 0 Å². The smallest absolute Gasteiger partial charge is 0.191 e. The van der Waals surface area contributed by atoms with Gasteiger partial charge < -0.3 is 10.6 Å². The van der Waals surface area contributed by atoms with Crippen molar-refractivity contribution in [1.82, 2.24) is 4.90 Å². The lowest BCUT2D eigenvalue weighted by molar-refractivity contribution is 0.494. The molecule has 0 bridgehead atoms. The number of thiophene rings is 1. The van der Waals surface area contributed by atoms with Crippen LogP contribution in [0.5, 0.6) is 0 Å². The number of hydrogen-bond donors (Lipinski definition) is 1. The lowest BCUT2D eigenvalue weighted by Crippen LogP contribution is -2.34. The molecule has 2 N–H and O–H groups in total. The van der Waals surface area contributed by atoms with Crippen LogP contribution >= 0.6 is 22.9 Å². The molecule has 0 fully saturated rings. The summed E-state index contributed by atoms with van der Waals surface area (Å²) >= 11 is 7.41. The van der Waals surface area contributed by atoms with Crippen molar-refractivity contribution in [1.29, 1.82) is 0 Å². The zero-order valence-electron chi connectivity index (χ0n) is 9.20. The minimum Gasteiger partial charge on any atom is -0.370 e. The van der Waals surface area contributed by atoms with Gasteiger partial charge in [-0.1, -0.05) is 11.6 Å². The summed E-state index contributed by atoms with van der Waals surface area (Å²) in [6.07, 6.45) is 0. The molecular formula is C10H16ClN3S. The van der Waals surface area contributed by atoms with Crippen LogP contribution in [0.1, 0.15) is 18.7 Å². The van der Waals surface area contributed by atoms with Crippen molar-refractivity contribution >= 4 is 28.9 Å². The van der Waals surface area contributed by atoms with Crippen molar-refractivity contribution in [3.8, 4) is 0 Å². The quantitative estimate of drug-likeness (QED) is 0.657. The third kappa shape index (κ3) is 4.10. The fourth-order valence-electron chi connectivity index (χ4n) is 1.11. The number of hydrogen-bond acceptors (Lipinski definition) is 2. The minimum absolute atomic E-state index is 0.222. The van der Waals surface area contributed by atoms with Crippen molar-refractivity contribution in [2.75, 3.05) is 7.05 Å². The van der Waals surface area contributed by atoms with E-state index < -0.39 is 0 Å². The minimum atomic E-state index is 0.222. The van der Waals surface area contributed by atoms with Crippen molar-refractivity contribution in [2.24, 2.45) is 10.7 Å². The van der Waals surface area contributed by atoms with Crippen LogP contribution in [-0.4, -0.2) is 23.9 Å². The Labute approximate surface area is 99.6 Å². The van der Waals surface area contributed by atoms with Gasteiger partial charge in [0.05, 0.1) is 10.9 Å². The summed E-state index contributed by atoms with van der Waals surface area (Å²) in [7, 11) is 1.93. The average Bonchev–Trinajstić information content (AvgIpc) is 2.50. The van der Waals surface area contributed by atoms with Gasteiger partial charge in [-0.15, -0.1) is 11.3 Å². The van der Waals surface area contributed by atoms with Crippen LogP contribution in [0, 0.1) is 0 Å². The highest BCUT2D eigenvalue weighted by Crippen LogP contribution is 2.22. The molecule has 1 rings (SSSR count). The van der Waals surface area contributed by atoms with Gasteiger partial charge in [0, 0.05) is 18.0 Å². The number of halogens is 1. The molecule has 0 saturated heterocycles. The monoisotopic (exact) mass is 245 g/mol. The molecule has 1 aromatic heterocycles. The second-order valence-corrected chi connectivity index (χ2v) is 5.44. The lowest BCUT2D eigenvalue weighted by Gasteiger charge is -2.17. The predicted octanol–water partition coefficient (Wildman–Crippen LogP) is 2.56. The zero-order valence-corrected chi connectivity index (χ0v) is 10.8. The fourth-order valence-corrected chi connectivity index (χ4v) is 2.26. The Hall–Kier alpha value is -0.740. The largest absolute Gasteiger partial charge is 0.370 e. The van der Waals surface area contributed by atoms with Gasteiger partial charge in [0.25, 0.3) is 0 Å². The Morgan fingerprint density at radius 1 is 1.60 bits per heavy atom. The van der Waals surface area contributed by atoms with E-state index in [4.69, 9.17) is 17.3 Å². The Balaban J connectivity index is 2.59. The third-order valence-corrected chi connectivity index (χ3v) is 3.02. The second-order valence-electron chi connectivity index (χ2n) is 3.64. The summed E-state index contributed by atoms with van der Waals surface area (Å²) in [5.74, 6) is 0.564. The van der Waals surface area contributed by atoms with E-state index in [0.29, 0.717) is 5.96 Å². The van der Waals surface area contributed by atoms with Gasteiger partial charge >= 0.3 is 0 Å². The number of nitrogens with two attached hydrogens (primary N) is 1. The first kappa shape index (κ1) is 12.3. The number of guanidine groups is 1. The van der Waals surface area contributed by atoms with Crippen LogP contribution in [0.15, 0.2) is 17.1 Å². The van der Waals surface area contributed by atoms with E-state index in [1.807, 2.05) is 37.9 Å². The Morgan fingerprint density at radius 3 is 2.73 bits per heavy atom. The average molecular weight is 246 g/mol. The molecule has 15 heavy (non-hydrogen) atoms. The molecule has 0 aromatic carbocycles. The first-order valence-electron chi connectivity index (χ1n) is 4.77. The van der Waals surface area contributed by atoms with Gasteiger partial charge in [-0.3, -0.25) is 4.99 Å². The van der Waals surface area contributed by atoms with E-state index in [9.17, 15) is 0 Å². The van der Waals surface area contributed by atoms with Crippen LogP contribution in [0.25, 0.3) is 0 Å². The van der Waals surface area contributed by atoms with E-state index in [1.165, 1.54) is 4.88 Å². The van der Waals surface area contributed by atoms with Crippen molar-refractivity contribution in [2.45, 2.75) is 26.4 Å². The highest BCUT2D eigenvalue weighted by molar-refractivity contribution is 7.16. The highest BCUT2D eigenvalue weighted by Gasteiger charge is 2.05. The molecule has 0 spiro atoms. The van der Waals surface area contributed by atoms with Gasteiger partial charge in [-0.25, -0.2) is 0 Å². The SMILES string of the molecule is CC(C)N=C(N)N(C)Cc1ccc(Cl)s1. The van der Waals surface area contributed by atoms with E-state index >= 15 is 0 Å². The van der Waals surface area contributed by atoms with Crippen molar-refractivity contribution in [3.63, 3.8) is 0 Å². The molecule has 0 aliphatic carbocycles. The maximum absolute atomic E-state index is 5.85. The molecule has 0 amide bonds. The van der Waals surface area contributed by atoms with Crippen LogP contribution < -0.4 is 5.73 Å². The van der Waals surface area contributed by atoms with Gasteiger partial charge in [0.1, 0.15) is 0 Å². The van der Waals surface area contributed by atoms with Gasteiger partial charge in [0.15, 0.2) is 5.96 Å². The maximum atomic E-state index is 5.85. The molecule has 1 heterocycles. The van der Waals surface area contributed by atoms with Crippen molar-refractivity contribution in [3.05, 3.63) is 21.3 Å². The number of rotatable bonds is 3. The van der Waals surface area contributed by atoms with E-state index in [0.717, 1.165) is 10.9 Å². The summed E-state index contributed by atoms with van der Waals surface area (Å²) < 4.78 is 0.803. The third-order valence-electron chi connectivity index (χ3n) is 1.80. The summed E-state index contributed by atoms with van der Waals surface area (Å²) in [5.41, 5.74) is 5.82. The molecule has 84 valence electrons. The first-order valence-corrected chi connectivity index (χ1v) is 5.97. The highest BCUT2D eigenvalue weighted by atomic mass is 35.5. The predicted molar refractivity (Wildman–Crippen MR) is 67.6 cm³/mol.